The molecule has 0 radical (unpaired) electrons. The molecule has 1 N–H and O–H groups in total. The van der Waals surface area contributed by atoms with Gasteiger partial charge in [0.05, 0.1) is 4.92 Å². The number of nitro benzene ring substituents is 1. The van der Waals surface area contributed by atoms with Crippen molar-refractivity contribution >= 4 is 34.6 Å². The van der Waals surface area contributed by atoms with Crippen molar-refractivity contribution < 1.29 is 9.66 Å². The lowest BCUT2D eigenvalue weighted by atomic mass is 10.2. The van der Waals surface area contributed by atoms with E-state index in [4.69, 9.17) is 27.9 Å². The van der Waals surface area contributed by atoms with Crippen LogP contribution >= 0.6 is 23.2 Å². The number of nitrogens with zero attached hydrogens (tertiary/aromatic N) is 1. The maximum Gasteiger partial charge on any atom is 0.269 e. The summed E-state index contributed by atoms with van der Waals surface area (Å²) < 4.78 is 5.75. The van der Waals surface area contributed by atoms with Crippen LogP contribution in [0.2, 0.25) is 10.0 Å². The molecule has 0 amide bonds. The summed E-state index contributed by atoms with van der Waals surface area (Å²) in [5.74, 6) is 0.736. The molecule has 0 aliphatic carbocycles. The van der Waals surface area contributed by atoms with E-state index in [9.17, 15) is 10.1 Å². The molecular weight excluding hydrogens is 387 g/mol. The molecule has 0 fully saturated rings. The Hall–Kier alpha value is -2.76. The molecular formula is C20H16Cl2N2O3. The smallest absolute Gasteiger partial charge is 0.269 e. The summed E-state index contributed by atoms with van der Waals surface area (Å²) >= 11 is 12.0. The molecule has 3 rings (SSSR count). The van der Waals surface area contributed by atoms with Crippen molar-refractivity contribution in [1.82, 2.24) is 0 Å². The molecule has 7 heteroatoms. The zero-order valence-electron chi connectivity index (χ0n) is 14.2. The summed E-state index contributed by atoms with van der Waals surface area (Å²) in [6, 6.07) is 19.3. The minimum atomic E-state index is -0.417. The number of nitro groups is 1. The number of ether oxygens (including phenoxy) is 1. The number of hydrogen-bond acceptors (Lipinski definition) is 4. The second-order valence-corrected chi connectivity index (χ2v) is 6.67. The Kier molecular flexibility index (Phi) is 6.16. The van der Waals surface area contributed by atoms with Gasteiger partial charge in [-0.1, -0.05) is 41.4 Å². The van der Waals surface area contributed by atoms with E-state index in [0.29, 0.717) is 23.2 Å². The lowest BCUT2D eigenvalue weighted by molar-refractivity contribution is -0.384. The largest absolute Gasteiger partial charge is 0.489 e. The highest BCUT2D eigenvalue weighted by atomic mass is 35.5. The summed E-state index contributed by atoms with van der Waals surface area (Å²) in [7, 11) is 0. The number of nitrogens with one attached hydrogen (secondary N) is 1. The molecule has 5 nitrogen and oxygen atoms in total. The molecule has 0 unspecified atom stereocenters. The van der Waals surface area contributed by atoms with Crippen LogP contribution in [0.3, 0.4) is 0 Å². The molecule has 138 valence electrons. The van der Waals surface area contributed by atoms with Crippen LogP contribution in [0.25, 0.3) is 0 Å². The van der Waals surface area contributed by atoms with Gasteiger partial charge < -0.3 is 10.1 Å². The normalized spacial score (nSPS) is 10.4. The topological polar surface area (TPSA) is 64.4 Å². The molecule has 0 aliphatic heterocycles. The van der Waals surface area contributed by atoms with Gasteiger partial charge in [-0.3, -0.25) is 10.1 Å². The number of anilines is 1. The Bertz CT molecular complexity index is 929. The van der Waals surface area contributed by atoms with Gasteiger partial charge in [0.1, 0.15) is 12.4 Å². The van der Waals surface area contributed by atoms with Crippen molar-refractivity contribution in [2.24, 2.45) is 0 Å². The Morgan fingerprint density at radius 2 is 1.67 bits per heavy atom. The van der Waals surface area contributed by atoms with Crippen molar-refractivity contribution in [3.63, 3.8) is 0 Å². The average Bonchev–Trinajstić information content (AvgIpc) is 2.67. The average molecular weight is 403 g/mol. The summed E-state index contributed by atoms with van der Waals surface area (Å²) in [6.07, 6.45) is 0. The fourth-order valence-corrected chi connectivity index (χ4v) is 2.87. The van der Waals surface area contributed by atoms with E-state index in [-0.39, 0.29) is 5.69 Å². The molecule has 0 atom stereocenters. The lowest BCUT2D eigenvalue weighted by Gasteiger charge is -2.10. The molecule has 0 bridgehead atoms. The van der Waals surface area contributed by atoms with Gasteiger partial charge in [0, 0.05) is 40.0 Å². The first-order chi connectivity index (χ1) is 13.0. The van der Waals surface area contributed by atoms with Crippen LogP contribution in [0.4, 0.5) is 11.4 Å². The van der Waals surface area contributed by atoms with E-state index in [2.05, 4.69) is 5.32 Å². The minimum absolute atomic E-state index is 0.0721. The van der Waals surface area contributed by atoms with Crippen LogP contribution in [0, 0.1) is 10.1 Å². The van der Waals surface area contributed by atoms with E-state index in [1.807, 2.05) is 30.3 Å². The first kappa shape index (κ1) is 19.0. The number of hydrogen-bond donors (Lipinski definition) is 1. The van der Waals surface area contributed by atoms with E-state index in [1.165, 1.54) is 12.1 Å². The Balaban J connectivity index is 1.53. The predicted octanol–water partition coefficient (Wildman–Crippen LogP) is 6.09. The summed E-state index contributed by atoms with van der Waals surface area (Å²) in [5.41, 5.74) is 2.82. The standard InChI is InChI=1S/C20H16Cl2N2O3/c21-16-4-3-15(20(22)11-16)13-27-19-9-1-14(2-10-19)12-23-17-5-7-18(8-6-17)24(25)26/h1-11,23H,12-13H2. The molecule has 3 aromatic carbocycles. The van der Waals surface area contributed by atoms with Crippen molar-refractivity contribution in [2.75, 3.05) is 5.32 Å². The number of benzene rings is 3. The minimum Gasteiger partial charge on any atom is -0.489 e. The van der Waals surface area contributed by atoms with Gasteiger partial charge in [0.25, 0.3) is 5.69 Å². The first-order valence-electron chi connectivity index (χ1n) is 8.15. The molecule has 3 aromatic rings. The zero-order chi connectivity index (χ0) is 19.2. The molecule has 0 aliphatic rings. The second-order valence-electron chi connectivity index (χ2n) is 5.83. The zero-order valence-corrected chi connectivity index (χ0v) is 15.7. The fourth-order valence-electron chi connectivity index (χ4n) is 2.41. The monoisotopic (exact) mass is 402 g/mol. The SMILES string of the molecule is O=[N+]([O-])c1ccc(NCc2ccc(OCc3ccc(Cl)cc3Cl)cc2)cc1. The van der Waals surface area contributed by atoms with Crippen LogP contribution < -0.4 is 10.1 Å². The van der Waals surface area contributed by atoms with Gasteiger partial charge in [-0.15, -0.1) is 0 Å². The molecule has 0 saturated carbocycles. The highest BCUT2D eigenvalue weighted by Gasteiger charge is 2.05. The molecule has 0 aromatic heterocycles. The predicted molar refractivity (Wildman–Crippen MR) is 108 cm³/mol. The van der Waals surface area contributed by atoms with Crippen LogP contribution in [-0.4, -0.2) is 4.92 Å². The second kappa shape index (κ2) is 8.75. The lowest BCUT2D eigenvalue weighted by Crippen LogP contribution is -2.00. The summed E-state index contributed by atoms with van der Waals surface area (Å²) in [6.45, 7) is 0.956. The van der Waals surface area contributed by atoms with Crippen molar-refractivity contribution in [1.29, 1.82) is 0 Å². The van der Waals surface area contributed by atoms with Crippen LogP contribution in [0.1, 0.15) is 11.1 Å². The van der Waals surface area contributed by atoms with Crippen LogP contribution in [0.15, 0.2) is 66.7 Å². The summed E-state index contributed by atoms with van der Waals surface area (Å²) in [5, 5.41) is 15.1. The maximum absolute atomic E-state index is 10.7. The highest BCUT2D eigenvalue weighted by molar-refractivity contribution is 6.35. The quantitative estimate of drug-likeness (QED) is 0.383. The molecule has 0 saturated heterocycles. The Morgan fingerprint density at radius 3 is 2.30 bits per heavy atom. The van der Waals surface area contributed by atoms with E-state index in [1.54, 1.807) is 24.3 Å². The van der Waals surface area contributed by atoms with Gasteiger partial charge >= 0.3 is 0 Å². The molecule has 27 heavy (non-hydrogen) atoms. The number of rotatable bonds is 7. The first-order valence-corrected chi connectivity index (χ1v) is 8.91. The number of halogens is 2. The van der Waals surface area contributed by atoms with E-state index >= 15 is 0 Å². The Labute approximate surface area is 166 Å². The number of non-ortho nitro benzene ring substituents is 1. The van der Waals surface area contributed by atoms with Crippen molar-refractivity contribution in [2.45, 2.75) is 13.2 Å². The summed E-state index contributed by atoms with van der Waals surface area (Å²) in [4.78, 5) is 10.2. The fraction of sp³-hybridized carbons (Fsp3) is 0.100. The van der Waals surface area contributed by atoms with Gasteiger partial charge in [-0.25, -0.2) is 0 Å². The molecule has 0 spiro atoms. The third-order valence-corrected chi connectivity index (χ3v) is 4.49. The highest BCUT2D eigenvalue weighted by Crippen LogP contribution is 2.23. The van der Waals surface area contributed by atoms with Gasteiger partial charge in [-0.2, -0.15) is 0 Å². The van der Waals surface area contributed by atoms with E-state index in [0.717, 1.165) is 22.6 Å². The third kappa shape index (κ3) is 5.36. The Morgan fingerprint density at radius 1 is 0.963 bits per heavy atom. The van der Waals surface area contributed by atoms with Crippen LogP contribution in [0.5, 0.6) is 5.75 Å². The van der Waals surface area contributed by atoms with E-state index < -0.39 is 4.92 Å². The maximum atomic E-state index is 10.7. The van der Waals surface area contributed by atoms with Gasteiger partial charge in [0.15, 0.2) is 0 Å². The molecule has 0 heterocycles. The van der Waals surface area contributed by atoms with Gasteiger partial charge in [-0.05, 0) is 42.0 Å². The van der Waals surface area contributed by atoms with Gasteiger partial charge in [0.2, 0.25) is 0 Å². The van der Waals surface area contributed by atoms with Crippen LogP contribution in [-0.2, 0) is 13.2 Å². The third-order valence-electron chi connectivity index (χ3n) is 3.91. The van der Waals surface area contributed by atoms with Crippen molar-refractivity contribution in [3.05, 3.63) is 98.0 Å². The van der Waals surface area contributed by atoms with Crippen molar-refractivity contribution in [3.8, 4) is 5.75 Å².